The Labute approximate surface area is 109 Å². The summed E-state index contributed by atoms with van der Waals surface area (Å²) in [6.07, 6.45) is 1.26. The fourth-order valence-electron chi connectivity index (χ4n) is 2.13. The highest BCUT2D eigenvalue weighted by Crippen LogP contribution is 2.44. The zero-order valence-electron chi connectivity index (χ0n) is 10.1. The first-order chi connectivity index (χ1) is 8.73. The van der Waals surface area contributed by atoms with Crippen LogP contribution in [0.1, 0.15) is 32.1 Å². The van der Waals surface area contributed by atoms with Gasteiger partial charge in [-0.25, -0.2) is 4.79 Å². The Hall–Kier alpha value is -0.950. The van der Waals surface area contributed by atoms with Gasteiger partial charge in [-0.2, -0.15) is 0 Å². The van der Waals surface area contributed by atoms with Crippen molar-refractivity contribution in [1.29, 1.82) is 0 Å². The minimum atomic E-state index is -5.12. The zero-order chi connectivity index (χ0) is 14.6. The number of hydrogen-bond acceptors (Lipinski definition) is 4. The van der Waals surface area contributed by atoms with Gasteiger partial charge in [-0.1, -0.05) is 19.3 Å². The van der Waals surface area contributed by atoms with Gasteiger partial charge in [-0.3, -0.25) is 9.36 Å². The van der Waals surface area contributed by atoms with Crippen LogP contribution in [0.25, 0.3) is 0 Å². The number of carboxylic acid groups (broad SMARTS) is 2. The van der Waals surface area contributed by atoms with E-state index < -0.39 is 37.4 Å². The van der Waals surface area contributed by atoms with E-state index in [0.717, 1.165) is 19.3 Å². The molecule has 19 heavy (non-hydrogen) atoms. The molecule has 1 aliphatic rings. The zero-order valence-corrected chi connectivity index (χ0v) is 11.0. The van der Waals surface area contributed by atoms with Crippen molar-refractivity contribution in [2.24, 2.45) is 0 Å². The molecule has 0 spiro atoms. The summed E-state index contributed by atoms with van der Waals surface area (Å²) in [7, 11) is -5.12. The SMILES string of the molecule is O=C(O)C(OC1CCCCC1)C(C(=O)O)P(=O)(O)O. The molecule has 1 fully saturated rings. The molecular formula is C10H17O8P. The summed E-state index contributed by atoms with van der Waals surface area (Å²) >= 11 is 0. The fourth-order valence-corrected chi connectivity index (χ4v) is 2.96. The molecule has 8 nitrogen and oxygen atoms in total. The number of aliphatic carboxylic acids is 2. The summed E-state index contributed by atoms with van der Waals surface area (Å²) in [6.45, 7) is 0. The lowest BCUT2D eigenvalue weighted by Crippen LogP contribution is -2.44. The third-order valence-corrected chi connectivity index (χ3v) is 4.25. The van der Waals surface area contributed by atoms with E-state index >= 15 is 0 Å². The molecule has 0 aromatic rings. The predicted octanol–water partition coefficient (Wildman–Crippen LogP) is 0.420. The second-order valence-electron chi connectivity index (χ2n) is 4.53. The molecule has 2 unspecified atom stereocenters. The van der Waals surface area contributed by atoms with Crippen LogP contribution >= 0.6 is 7.60 Å². The molecular weight excluding hydrogens is 279 g/mol. The number of hydrogen-bond donors (Lipinski definition) is 4. The van der Waals surface area contributed by atoms with E-state index in [2.05, 4.69) is 0 Å². The first kappa shape index (κ1) is 16.1. The van der Waals surface area contributed by atoms with Gasteiger partial charge in [-0.05, 0) is 12.8 Å². The Kier molecular flexibility index (Phi) is 5.49. The summed E-state index contributed by atoms with van der Waals surface area (Å²) in [5.41, 5.74) is -2.38. The molecule has 2 atom stereocenters. The number of carbonyl (C=O) groups is 2. The largest absolute Gasteiger partial charge is 0.480 e. The van der Waals surface area contributed by atoms with Crippen molar-refractivity contribution in [2.75, 3.05) is 0 Å². The van der Waals surface area contributed by atoms with Crippen LogP contribution in [-0.4, -0.2) is 49.8 Å². The van der Waals surface area contributed by atoms with E-state index in [1.165, 1.54) is 0 Å². The second-order valence-corrected chi connectivity index (χ2v) is 6.26. The van der Waals surface area contributed by atoms with Gasteiger partial charge in [0.2, 0.25) is 0 Å². The maximum absolute atomic E-state index is 11.1. The Morgan fingerprint density at radius 2 is 1.58 bits per heavy atom. The number of carboxylic acids is 2. The standard InChI is InChI=1S/C10H17O8P/c11-9(12)7(8(10(13)14)19(15,16)17)18-6-4-2-1-3-5-6/h6-8H,1-5H2,(H,11,12)(H,13,14)(H2,15,16,17). The van der Waals surface area contributed by atoms with Crippen LogP contribution in [0, 0.1) is 0 Å². The van der Waals surface area contributed by atoms with E-state index in [9.17, 15) is 14.2 Å². The predicted molar refractivity (Wildman–Crippen MR) is 62.8 cm³/mol. The molecule has 1 rings (SSSR count). The molecule has 1 aliphatic carbocycles. The molecule has 0 aromatic carbocycles. The summed E-state index contributed by atoms with van der Waals surface area (Å²) in [4.78, 5) is 39.9. The Morgan fingerprint density at radius 1 is 1.05 bits per heavy atom. The molecule has 0 aliphatic heterocycles. The van der Waals surface area contributed by atoms with Crippen molar-refractivity contribution in [1.82, 2.24) is 0 Å². The van der Waals surface area contributed by atoms with Gasteiger partial charge < -0.3 is 24.7 Å². The molecule has 0 radical (unpaired) electrons. The van der Waals surface area contributed by atoms with Crippen LogP contribution in [-0.2, 0) is 18.9 Å². The Bertz CT molecular complexity index is 383. The molecule has 9 heteroatoms. The average molecular weight is 296 g/mol. The summed E-state index contributed by atoms with van der Waals surface area (Å²) in [5.74, 6) is -3.56. The van der Waals surface area contributed by atoms with Gasteiger partial charge in [0.1, 0.15) is 0 Å². The highest BCUT2D eigenvalue weighted by atomic mass is 31.2. The lowest BCUT2D eigenvalue weighted by Gasteiger charge is -2.28. The van der Waals surface area contributed by atoms with Crippen LogP contribution in [0.5, 0.6) is 0 Å². The van der Waals surface area contributed by atoms with Gasteiger partial charge in [0.05, 0.1) is 6.10 Å². The van der Waals surface area contributed by atoms with Crippen molar-refractivity contribution in [3.05, 3.63) is 0 Å². The Morgan fingerprint density at radius 3 is 1.95 bits per heavy atom. The van der Waals surface area contributed by atoms with E-state index in [1.54, 1.807) is 0 Å². The van der Waals surface area contributed by atoms with Gasteiger partial charge in [0.15, 0.2) is 11.8 Å². The normalized spacial score (nSPS) is 20.7. The highest BCUT2D eigenvalue weighted by molar-refractivity contribution is 7.53. The van der Waals surface area contributed by atoms with Crippen molar-refractivity contribution in [3.8, 4) is 0 Å². The van der Waals surface area contributed by atoms with Gasteiger partial charge in [-0.15, -0.1) is 0 Å². The smallest absolute Gasteiger partial charge is 0.343 e. The molecule has 0 heterocycles. The van der Waals surface area contributed by atoms with E-state index in [1.807, 2.05) is 0 Å². The monoisotopic (exact) mass is 296 g/mol. The lowest BCUT2D eigenvalue weighted by molar-refractivity contribution is -0.161. The second kappa shape index (κ2) is 6.47. The van der Waals surface area contributed by atoms with Crippen molar-refractivity contribution in [3.63, 3.8) is 0 Å². The van der Waals surface area contributed by atoms with Crippen LogP contribution in [0.4, 0.5) is 0 Å². The molecule has 1 saturated carbocycles. The topological polar surface area (TPSA) is 141 Å². The van der Waals surface area contributed by atoms with Crippen LogP contribution in [0.15, 0.2) is 0 Å². The third kappa shape index (κ3) is 4.58. The first-order valence-electron chi connectivity index (χ1n) is 5.89. The summed E-state index contributed by atoms with van der Waals surface area (Å²) in [5, 5.41) is 17.8. The number of rotatable bonds is 6. The quantitative estimate of drug-likeness (QED) is 0.517. The van der Waals surface area contributed by atoms with E-state index in [0.29, 0.717) is 12.8 Å². The fraction of sp³-hybridized carbons (Fsp3) is 0.800. The number of ether oxygens (including phenoxy) is 1. The first-order valence-corrected chi connectivity index (χ1v) is 7.58. The molecule has 0 saturated heterocycles. The third-order valence-electron chi connectivity index (χ3n) is 3.04. The van der Waals surface area contributed by atoms with Crippen molar-refractivity contribution >= 4 is 19.5 Å². The molecule has 110 valence electrons. The average Bonchev–Trinajstić information content (AvgIpc) is 2.27. The molecule has 0 aromatic heterocycles. The Balaban J connectivity index is 2.88. The maximum Gasteiger partial charge on any atom is 0.343 e. The molecule has 0 amide bonds. The van der Waals surface area contributed by atoms with Crippen molar-refractivity contribution in [2.45, 2.75) is 50.0 Å². The maximum atomic E-state index is 11.1. The van der Waals surface area contributed by atoms with Gasteiger partial charge in [0, 0.05) is 0 Å². The van der Waals surface area contributed by atoms with Gasteiger partial charge >= 0.3 is 19.5 Å². The van der Waals surface area contributed by atoms with E-state index in [4.69, 9.17) is 24.7 Å². The van der Waals surface area contributed by atoms with Crippen molar-refractivity contribution < 1.29 is 38.9 Å². The van der Waals surface area contributed by atoms with Crippen LogP contribution < -0.4 is 0 Å². The summed E-state index contributed by atoms with van der Waals surface area (Å²) < 4.78 is 16.3. The molecule has 0 bridgehead atoms. The lowest BCUT2D eigenvalue weighted by atomic mass is 9.97. The van der Waals surface area contributed by atoms with E-state index in [-0.39, 0.29) is 0 Å². The minimum Gasteiger partial charge on any atom is -0.480 e. The molecule has 4 N–H and O–H groups in total. The van der Waals surface area contributed by atoms with Crippen LogP contribution in [0.2, 0.25) is 0 Å². The summed E-state index contributed by atoms with van der Waals surface area (Å²) in [6, 6.07) is 0. The minimum absolute atomic E-state index is 0.469. The van der Waals surface area contributed by atoms with Gasteiger partial charge in [0.25, 0.3) is 0 Å². The van der Waals surface area contributed by atoms with Crippen LogP contribution in [0.3, 0.4) is 0 Å². The highest BCUT2D eigenvalue weighted by Gasteiger charge is 2.48.